The third-order valence-electron chi connectivity index (χ3n) is 1.01. The van der Waals surface area contributed by atoms with Gasteiger partial charge in [0.2, 0.25) is 0 Å². The van der Waals surface area contributed by atoms with Crippen molar-refractivity contribution in [1.29, 1.82) is 0 Å². The van der Waals surface area contributed by atoms with Crippen molar-refractivity contribution in [2.45, 2.75) is 13.1 Å². The summed E-state index contributed by atoms with van der Waals surface area (Å²) in [6.07, 6.45) is 1.74. The first-order valence-corrected chi connectivity index (χ1v) is 6.50. The first-order chi connectivity index (χ1) is 3.48. The van der Waals surface area contributed by atoms with Gasteiger partial charge in [-0.05, 0) is 0 Å². The van der Waals surface area contributed by atoms with Crippen molar-refractivity contribution >= 4 is 18.5 Å². The Hall–Kier alpha value is -0.0131. The first-order valence-electron chi connectivity index (χ1n) is 2.49. The zero-order chi connectivity index (χ0) is 6.78. The van der Waals surface area contributed by atoms with Gasteiger partial charge in [-0.25, -0.2) is 0 Å². The lowest BCUT2D eigenvalue weighted by molar-refractivity contribution is 1.81. The number of allylic oxidation sites excluding steroid dienone is 2. The van der Waals surface area contributed by atoms with Crippen LogP contribution >= 0.6 is 11.1 Å². The second kappa shape index (κ2) is 2.51. The summed E-state index contributed by atoms with van der Waals surface area (Å²) < 4.78 is 0. The normalized spacial score (nSPS) is 10.9. The van der Waals surface area contributed by atoms with E-state index in [1.807, 2.05) is 13.1 Å². The molecule has 0 aromatic rings. The molecule has 0 saturated heterocycles. The minimum absolute atomic E-state index is 0.999. The summed E-state index contributed by atoms with van der Waals surface area (Å²) in [5.41, 5.74) is 0. The highest BCUT2D eigenvalue weighted by Gasteiger charge is 2.17. The smallest absolute Gasteiger partial charge is 0.162 e. The summed E-state index contributed by atoms with van der Waals surface area (Å²) in [6.45, 7) is 11.4. The van der Waals surface area contributed by atoms with Crippen molar-refractivity contribution in [2.75, 3.05) is 0 Å². The maximum Gasteiger partial charge on any atom is 0.180 e. The topological polar surface area (TPSA) is 0 Å². The van der Waals surface area contributed by atoms with Gasteiger partial charge in [0.25, 0.3) is 0 Å². The molecular weight excluding hydrogens is 136 g/mol. The van der Waals surface area contributed by atoms with E-state index in [4.69, 9.17) is 11.1 Å². The van der Waals surface area contributed by atoms with Crippen molar-refractivity contribution in [3.8, 4) is 0 Å². The number of hydrogen-bond acceptors (Lipinski definition) is 0. The molecule has 0 bridgehead atoms. The van der Waals surface area contributed by atoms with Crippen LogP contribution in [0.15, 0.2) is 24.4 Å². The van der Waals surface area contributed by atoms with Gasteiger partial charge in [-0.2, -0.15) is 11.1 Å². The number of hydrogen-bond donors (Lipinski definition) is 0. The Bertz CT molecular complexity index is 110. The monoisotopic (exact) mass is 146 g/mol. The molecule has 0 aromatic carbocycles. The van der Waals surface area contributed by atoms with Crippen molar-refractivity contribution in [3.63, 3.8) is 0 Å². The molecule has 46 valence electrons. The molecule has 0 aliphatic rings. The molecule has 0 atom stereocenters. The Balaban J connectivity index is 4.02. The van der Waals surface area contributed by atoms with Gasteiger partial charge < -0.3 is 0 Å². The standard InChI is InChI=1S/C6H11ClSi/c1-5-6(2)8(3,4)7/h5H,1-2H2,3-4H3. The van der Waals surface area contributed by atoms with Crippen LogP contribution in [0.25, 0.3) is 0 Å². The lowest BCUT2D eigenvalue weighted by Crippen LogP contribution is -2.17. The molecule has 0 N–H and O–H groups in total. The zero-order valence-corrected chi connectivity index (χ0v) is 7.13. The average Bonchev–Trinajstić information content (AvgIpc) is 1.62. The second-order valence-electron chi connectivity index (χ2n) is 2.20. The quantitative estimate of drug-likeness (QED) is 0.319. The van der Waals surface area contributed by atoms with Crippen LogP contribution in [0.5, 0.6) is 0 Å². The second-order valence-corrected chi connectivity index (χ2v) is 8.62. The maximum atomic E-state index is 5.95. The van der Waals surface area contributed by atoms with Gasteiger partial charge in [0.1, 0.15) is 0 Å². The summed E-state index contributed by atoms with van der Waals surface area (Å²) in [5.74, 6) is 0. The zero-order valence-electron chi connectivity index (χ0n) is 5.37. The summed E-state index contributed by atoms with van der Waals surface area (Å²) in [4.78, 5) is 0. The fourth-order valence-corrected chi connectivity index (χ4v) is 0.960. The molecule has 0 nitrogen and oxygen atoms in total. The van der Waals surface area contributed by atoms with Crippen LogP contribution in [0.3, 0.4) is 0 Å². The Kier molecular flexibility index (Phi) is 2.51. The maximum absolute atomic E-state index is 5.95. The minimum atomic E-state index is -1.60. The predicted molar refractivity (Wildman–Crippen MR) is 42.7 cm³/mol. The molecule has 0 aliphatic carbocycles. The van der Waals surface area contributed by atoms with Crippen LogP contribution in [-0.4, -0.2) is 7.38 Å². The van der Waals surface area contributed by atoms with E-state index in [0.717, 1.165) is 5.20 Å². The molecule has 0 heterocycles. The van der Waals surface area contributed by atoms with E-state index in [0.29, 0.717) is 0 Å². The van der Waals surface area contributed by atoms with Gasteiger partial charge in [-0.3, -0.25) is 0 Å². The van der Waals surface area contributed by atoms with Gasteiger partial charge in [0.05, 0.1) is 0 Å². The molecule has 0 amide bonds. The Morgan fingerprint density at radius 1 is 1.62 bits per heavy atom. The molecule has 0 saturated carbocycles. The van der Waals surface area contributed by atoms with Crippen molar-refractivity contribution in [1.82, 2.24) is 0 Å². The largest absolute Gasteiger partial charge is 0.180 e. The molecule has 0 fully saturated rings. The number of rotatable bonds is 2. The van der Waals surface area contributed by atoms with E-state index in [1.165, 1.54) is 0 Å². The number of halogens is 1. The molecule has 0 spiro atoms. The van der Waals surface area contributed by atoms with Gasteiger partial charge >= 0.3 is 0 Å². The van der Waals surface area contributed by atoms with E-state index >= 15 is 0 Å². The highest BCUT2D eigenvalue weighted by atomic mass is 35.6. The van der Waals surface area contributed by atoms with Crippen molar-refractivity contribution in [2.24, 2.45) is 0 Å². The molecular formula is C6H11ClSi. The molecule has 2 heteroatoms. The summed E-state index contributed by atoms with van der Waals surface area (Å²) >= 11 is 5.95. The van der Waals surface area contributed by atoms with Gasteiger partial charge in [-0.15, -0.1) is 0 Å². The van der Waals surface area contributed by atoms with Crippen LogP contribution in [0.4, 0.5) is 0 Å². The predicted octanol–water partition coefficient (Wildman–Crippen LogP) is 2.71. The Morgan fingerprint density at radius 3 is 2.00 bits per heavy atom. The molecule has 0 aromatic heterocycles. The van der Waals surface area contributed by atoms with E-state index in [9.17, 15) is 0 Å². The summed E-state index contributed by atoms with van der Waals surface area (Å²) in [7, 11) is -1.60. The minimum Gasteiger partial charge on any atom is -0.162 e. The third kappa shape index (κ3) is 2.33. The molecule has 8 heavy (non-hydrogen) atoms. The third-order valence-corrected chi connectivity index (χ3v) is 3.47. The summed E-state index contributed by atoms with van der Waals surface area (Å²) in [5, 5.41) is 0.999. The van der Waals surface area contributed by atoms with Crippen LogP contribution in [0.2, 0.25) is 13.1 Å². The van der Waals surface area contributed by atoms with Crippen LogP contribution in [0, 0.1) is 0 Å². The van der Waals surface area contributed by atoms with Gasteiger partial charge in [0.15, 0.2) is 7.38 Å². The molecule has 0 radical (unpaired) electrons. The average molecular weight is 147 g/mol. The molecule has 0 aliphatic heterocycles. The lowest BCUT2D eigenvalue weighted by atomic mass is 10.6. The highest BCUT2D eigenvalue weighted by Crippen LogP contribution is 2.17. The lowest BCUT2D eigenvalue weighted by Gasteiger charge is -2.11. The molecule has 0 rings (SSSR count). The first kappa shape index (κ1) is 7.99. The van der Waals surface area contributed by atoms with Gasteiger partial charge in [-0.1, -0.05) is 37.5 Å². The van der Waals surface area contributed by atoms with Crippen molar-refractivity contribution in [3.05, 3.63) is 24.4 Å². The van der Waals surface area contributed by atoms with Crippen LogP contribution in [-0.2, 0) is 0 Å². The van der Waals surface area contributed by atoms with Gasteiger partial charge in [0, 0.05) is 0 Å². The van der Waals surface area contributed by atoms with Crippen LogP contribution < -0.4 is 0 Å². The van der Waals surface area contributed by atoms with Crippen LogP contribution in [0.1, 0.15) is 0 Å². The fourth-order valence-electron chi connectivity index (χ4n) is 0.243. The van der Waals surface area contributed by atoms with E-state index in [2.05, 4.69) is 13.2 Å². The molecule has 0 unspecified atom stereocenters. The Morgan fingerprint density at radius 2 is 2.00 bits per heavy atom. The Labute approximate surface area is 56.6 Å². The fraction of sp³-hybridized carbons (Fsp3) is 0.333. The highest BCUT2D eigenvalue weighted by molar-refractivity contribution is 7.23. The summed E-state index contributed by atoms with van der Waals surface area (Å²) in [6, 6.07) is 0. The van der Waals surface area contributed by atoms with Crippen molar-refractivity contribution < 1.29 is 0 Å². The SMILES string of the molecule is C=CC(=C)[Si](C)(C)Cl. The van der Waals surface area contributed by atoms with E-state index < -0.39 is 7.38 Å². The van der Waals surface area contributed by atoms with E-state index in [-0.39, 0.29) is 0 Å². The van der Waals surface area contributed by atoms with E-state index in [1.54, 1.807) is 6.08 Å².